The predicted octanol–water partition coefficient (Wildman–Crippen LogP) is 4.24. The van der Waals surface area contributed by atoms with E-state index in [0.29, 0.717) is 5.76 Å². The molecule has 0 amide bonds. The molecule has 0 aliphatic carbocycles. The Morgan fingerprint density at radius 1 is 1.30 bits per heavy atom. The number of aryl methyl sites for hydroxylation is 3. The number of carboxylic acids is 1. The van der Waals surface area contributed by atoms with Gasteiger partial charge in [0, 0.05) is 5.56 Å². The van der Waals surface area contributed by atoms with Crippen molar-refractivity contribution in [3.05, 3.63) is 50.9 Å². The van der Waals surface area contributed by atoms with Crippen LogP contribution in [0, 0.1) is 20.8 Å². The summed E-state index contributed by atoms with van der Waals surface area (Å²) < 4.78 is 11.8. The molecule has 2 aromatic rings. The fourth-order valence-corrected chi connectivity index (χ4v) is 2.79. The van der Waals surface area contributed by atoms with Gasteiger partial charge in [-0.1, -0.05) is 6.07 Å². The maximum absolute atomic E-state index is 10.8. The fourth-order valence-electron chi connectivity index (χ4n) is 2.00. The van der Waals surface area contributed by atoms with Gasteiger partial charge in [0.15, 0.2) is 0 Å². The number of rotatable bonds is 4. The van der Waals surface area contributed by atoms with Crippen molar-refractivity contribution in [1.82, 2.24) is 0 Å². The standard InChI is InChI=1S/C15H15BrO4/c1-8-4-9(2)14(12(16)5-8)19-7-11-6-13(15(17)18)20-10(11)3/h4-6H,7H2,1-3H3,(H,17,18). The molecule has 0 aliphatic heterocycles. The third-order valence-corrected chi connectivity index (χ3v) is 3.57. The second-order valence-electron chi connectivity index (χ2n) is 4.68. The molecular formula is C15H15BrO4. The lowest BCUT2D eigenvalue weighted by Crippen LogP contribution is -1.99. The SMILES string of the molecule is Cc1cc(C)c(OCc2cc(C(=O)O)oc2C)c(Br)c1. The number of benzene rings is 1. The Kier molecular flexibility index (Phi) is 4.18. The van der Waals surface area contributed by atoms with Crippen LogP contribution < -0.4 is 4.74 Å². The molecule has 0 saturated carbocycles. The van der Waals surface area contributed by atoms with Gasteiger partial charge in [0.05, 0.1) is 4.47 Å². The molecule has 0 spiro atoms. The van der Waals surface area contributed by atoms with Crippen molar-refractivity contribution in [2.45, 2.75) is 27.4 Å². The van der Waals surface area contributed by atoms with Crippen LogP contribution in [0.2, 0.25) is 0 Å². The van der Waals surface area contributed by atoms with Crippen LogP contribution in [0.5, 0.6) is 5.75 Å². The summed E-state index contributed by atoms with van der Waals surface area (Å²) in [6, 6.07) is 5.51. The van der Waals surface area contributed by atoms with E-state index in [-0.39, 0.29) is 12.4 Å². The Morgan fingerprint density at radius 2 is 2.00 bits per heavy atom. The highest BCUT2D eigenvalue weighted by molar-refractivity contribution is 9.10. The lowest BCUT2D eigenvalue weighted by Gasteiger charge is -2.11. The van der Waals surface area contributed by atoms with Crippen molar-refractivity contribution in [1.29, 1.82) is 0 Å². The summed E-state index contributed by atoms with van der Waals surface area (Å²) in [5.41, 5.74) is 2.90. The van der Waals surface area contributed by atoms with Gasteiger partial charge in [0.2, 0.25) is 5.76 Å². The third-order valence-electron chi connectivity index (χ3n) is 2.98. The van der Waals surface area contributed by atoms with E-state index >= 15 is 0 Å². The molecule has 1 aromatic heterocycles. The van der Waals surface area contributed by atoms with Gasteiger partial charge in [-0.15, -0.1) is 0 Å². The Morgan fingerprint density at radius 3 is 2.55 bits per heavy atom. The Hall–Kier alpha value is -1.75. The van der Waals surface area contributed by atoms with Crippen molar-refractivity contribution in [3.63, 3.8) is 0 Å². The molecule has 4 nitrogen and oxygen atoms in total. The van der Waals surface area contributed by atoms with E-state index in [1.165, 1.54) is 6.07 Å². The van der Waals surface area contributed by atoms with Gasteiger partial charge < -0.3 is 14.3 Å². The normalized spacial score (nSPS) is 10.6. The summed E-state index contributed by atoms with van der Waals surface area (Å²) in [6.45, 7) is 5.98. The minimum atomic E-state index is -1.08. The number of aromatic carboxylic acids is 1. The zero-order valence-corrected chi connectivity index (χ0v) is 13.1. The topological polar surface area (TPSA) is 59.7 Å². The number of carboxylic acid groups (broad SMARTS) is 1. The minimum absolute atomic E-state index is 0.0687. The van der Waals surface area contributed by atoms with Crippen molar-refractivity contribution in [2.24, 2.45) is 0 Å². The van der Waals surface area contributed by atoms with Crippen molar-refractivity contribution in [2.75, 3.05) is 0 Å². The van der Waals surface area contributed by atoms with E-state index in [1.54, 1.807) is 6.92 Å². The predicted molar refractivity (Wildman–Crippen MR) is 78.4 cm³/mol. The molecule has 0 bridgehead atoms. The monoisotopic (exact) mass is 338 g/mol. The van der Waals surface area contributed by atoms with E-state index in [9.17, 15) is 4.79 Å². The van der Waals surface area contributed by atoms with E-state index in [2.05, 4.69) is 15.9 Å². The molecule has 0 radical (unpaired) electrons. The highest BCUT2D eigenvalue weighted by atomic mass is 79.9. The van der Waals surface area contributed by atoms with E-state index in [1.807, 2.05) is 26.0 Å². The first-order valence-electron chi connectivity index (χ1n) is 6.10. The average molecular weight is 339 g/mol. The van der Waals surface area contributed by atoms with Gasteiger partial charge in [0.1, 0.15) is 18.1 Å². The molecule has 20 heavy (non-hydrogen) atoms. The second-order valence-corrected chi connectivity index (χ2v) is 5.53. The Labute approximate surface area is 125 Å². The second kappa shape index (κ2) is 5.71. The lowest BCUT2D eigenvalue weighted by molar-refractivity contribution is 0.0661. The molecule has 1 aromatic carbocycles. The summed E-state index contributed by atoms with van der Waals surface area (Å²) in [5.74, 6) is 0.171. The van der Waals surface area contributed by atoms with Crippen molar-refractivity contribution in [3.8, 4) is 5.75 Å². The molecule has 1 heterocycles. The van der Waals surface area contributed by atoms with Gasteiger partial charge in [0.25, 0.3) is 0 Å². The molecule has 0 atom stereocenters. The zero-order valence-electron chi connectivity index (χ0n) is 11.5. The summed E-state index contributed by atoms with van der Waals surface area (Å²) in [4.78, 5) is 10.8. The van der Waals surface area contributed by atoms with Crippen LogP contribution >= 0.6 is 15.9 Å². The van der Waals surface area contributed by atoms with Crippen LogP contribution in [0.1, 0.15) is 33.0 Å². The zero-order chi connectivity index (χ0) is 14.9. The van der Waals surface area contributed by atoms with E-state index < -0.39 is 5.97 Å². The third kappa shape index (κ3) is 3.04. The highest BCUT2D eigenvalue weighted by Crippen LogP contribution is 2.31. The number of hydrogen-bond donors (Lipinski definition) is 1. The highest BCUT2D eigenvalue weighted by Gasteiger charge is 2.14. The number of ether oxygens (including phenoxy) is 1. The minimum Gasteiger partial charge on any atom is -0.487 e. The van der Waals surface area contributed by atoms with Gasteiger partial charge >= 0.3 is 5.97 Å². The molecule has 5 heteroatoms. The van der Waals surface area contributed by atoms with Crippen molar-refractivity contribution >= 4 is 21.9 Å². The van der Waals surface area contributed by atoms with Crippen LogP contribution in [0.15, 0.2) is 27.1 Å². The molecular weight excluding hydrogens is 324 g/mol. The maximum Gasteiger partial charge on any atom is 0.371 e. The molecule has 1 N–H and O–H groups in total. The molecule has 2 rings (SSSR count). The van der Waals surface area contributed by atoms with Gasteiger partial charge in [-0.2, -0.15) is 0 Å². The maximum atomic E-state index is 10.8. The Bertz CT molecular complexity index is 635. The van der Waals surface area contributed by atoms with E-state index in [0.717, 1.165) is 26.9 Å². The van der Waals surface area contributed by atoms with Gasteiger partial charge in [-0.3, -0.25) is 0 Å². The van der Waals surface area contributed by atoms with Crippen LogP contribution in [-0.2, 0) is 6.61 Å². The van der Waals surface area contributed by atoms with E-state index in [4.69, 9.17) is 14.3 Å². The fraction of sp³-hybridized carbons (Fsp3) is 0.267. The first kappa shape index (κ1) is 14.7. The molecule has 0 aliphatic rings. The lowest BCUT2D eigenvalue weighted by atomic mass is 10.1. The van der Waals surface area contributed by atoms with Crippen LogP contribution in [0.25, 0.3) is 0 Å². The number of hydrogen-bond acceptors (Lipinski definition) is 3. The molecule has 0 saturated heterocycles. The number of halogens is 1. The van der Waals surface area contributed by atoms with Crippen molar-refractivity contribution < 1.29 is 19.1 Å². The van der Waals surface area contributed by atoms with Crippen LogP contribution in [0.3, 0.4) is 0 Å². The smallest absolute Gasteiger partial charge is 0.371 e. The Balaban J connectivity index is 2.19. The first-order valence-corrected chi connectivity index (χ1v) is 6.90. The average Bonchev–Trinajstić information content (AvgIpc) is 2.70. The number of carbonyl (C=O) groups is 1. The number of furan rings is 1. The largest absolute Gasteiger partial charge is 0.487 e. The molecule has 0 unspecified atom stereocenters. The van der Waals surface area contributed by atoms with Gasteiger partial charge in [-0.25, -0.2) is 4.79 Å². The summed E-state index contributed by atoms with van der Waals surface area (Å²) >= 11 is 3.48. The molecule has 106 valence electrons. The summed E-state index contributed by atoms with van der Waals surface area (Å²) in [7, 11) is 0. The van der Waals surface area contributed by atoms with Crippen LogP contribution in [0.4, 0.5) is 0 Å². The quantitative estimate of drug-likeness (QED) is 0.905. The van der Waals surface area contributed by atoms with Gasteiger partial charge in [-0.05, 0) is 60.0 Å². The summed E-state index contributed by atoms with van der Waals surface area (Å²) in [5, 5.41) is 8.88. The first-order chi connectivity index (χ1) is 9.38. The summed E-state index contributed by atoms with van der Waals surface area (Å²) in [6.07, 6.45) is 0. The molecule has 0 fully saturated rings. The van der Waals surface area contributed by atoms with Crippen LogP contribution in [-0.4, -0.2) is 11.1 Å².